The smallest absolute Gasteiger partial charge is 0.190 e. The molecule has 51 heavy (non-hydrogen) atoms. The van der Waals surface area contributed by atoms with Crippen molar-refractivity contribution in [2.45, 2.75) is 47.1 Å². The molecule has 0 fully saturated rings. The lowest BCUT2D eigenvalue weighted by molar-refractivity contribution is 0.280. The summed E-state index contributed by atoms with van der Waals surface area (Å²) in [5.74, 6) is 0. The maximum absolute atomic E-state index is 9.23. The third-order valence-corrected chi connectivity index (χ3v) is 9.77. The fourth-order valence-corrected chi connectivity index (χ4v) is 6.50. The van der Waals surface area contributed by atoms with E-state index in [1.165, 1.54) is 12.4 Å². The molecule has 0 atom stereocenters. The molecule has 0 saturated heterocycles. The zero-order chi connectivity index (χ0) is 37.4. The van der Waals surface area contributed by atoms with Crippen molar-refractivity contribution in [1.29, 1.82) is 0 Å². The summed E-state index contributed by atoms with van der Waals surface area (Å²) in [6.45, 7) is 23.6. The molecule has 0 spiro atoms. The SMILES string of the molecule is OCCCBr.[C-]#[N+]c1cc2c(-c3cncc(N)c3Cl)c(C)[nH]c2cc1C.[C-]#[N+]c1cc2c(-c3cncc(N)c3Cl)c(C)n(CCCO)c2cc1C. The van der Waals surface area contributed by atoms with Crippen molar-refractivity contribution >= 4 is 83.7 Å². The molecule has 4 aromatic heterocycles. The number of aliphatic hydroxyl groups excluding tert-OH is 2. The van der Waals surface area contributed by atoms with Crippen LogP contribution in [-0.2, 0) is 6.54 Å². The van der Waals surface area contributed by atoms with E-state index in [1.807, 2.05) is 52.0 Å². The number of hydrogen-bond acceptors (Lipinski definition) is 6. The highest BCUT2D eigenvalue weighted by Gasteiger charge is 2.20. The Kier molecular flexibility index (Phi) is 13.5. The van der Waals surface area contributed by atoms with Crippen LogP contribution in [0.5, 0.6) is 0 Å². The number of nitrogens with one attached hydrogen (secondary N) is 1. The van der Waals surface area contributed by atoms with Gasteiger partial charge < -0.3 is 31.2 Å². The van der Waals surface area contributed by atoms with E-state index in [0.29, 0.717) is 52.4 Å². The molecule has 10 nitrogen and oxygen atoms in total. The molecular formula is C38H39BrCl2N8O2. The van der Waals surface area contributed by atoms with E-state index >= 15 is 0 Å². The summed E-state index contributed by atoms with van der Waals surface area (Å²) in [5, 5.41) is 21.0. The Morgan fingerprint density at radius 1 is 0.784 bits per heavy atom. The molecule has 2 aromatic carbocycles. The zero-order valence-electron chi connectivity index (χ0n) is 28.8. The van der Waals surface area contributed by atoms with E-state index < -0.39 is 0 Å². The number of aliphatic hydroxyl groups is 2. The zero-order valence-corrected chi connectivity index (χ0v) is 31.9. The molecule has 0 aliphatic carbocycles. The van der Waals surface area contributed by atoms with Crippen molar-refractivity contribution in [3.05, 3.63) is 104 Å². The van der Waals surface area contributed by atoms with Gasteiger partial charge in [-0.05, 0) is 86.7 Å². The summed E-state index contributed by atoms with van der Waals surface area (Å²) < 4.78 is 2.15. The Balaban J connectivity index is 0.000000204. The molecule has 6 rings (SSSR count). The molecule has 13 heteroatoms. The predicted molar refractivity (Wildman–Crippen MR) is 214 cm³/mol. The summed E-state index contributed by atoms with van der Waals surface area (Å²) in [7, 11) is 0. The van der Waals surface area contributed by atoms with E-state index in [1.54, 1.807) is 12.4 Å². The van der Waals surface area contributed by atoms with Crippen LogP contribution >= 0.6 is 39.1 Å². The second-order valence-electron chi connectivity index (χ2n) is 11.8. The minimum Gasteiger partial charge on any atom is -0.396 e. The van der Waals surface area contributed by atoms with E-state index in [-0.39, 0.29) is 6.61 Å². The van der Waals surface area contributed by atoms with Crippen LogP contribution < -0.4 is 11.5 Å². The van der Waals surface area contributed by atoms with Crippen LogP contribution in [0.4, 0.5) is 22.7 Å². The molecule has 0 aliphatic rings. The highest BCUT2D eigenvalue weighted by molar-refractivity contribution is 9.09. The first-order chi connectivity index (χ1) is 24.4. The number of aromatic nitrogens is 4. The quantitative estimate of drug-likeness (QED) is 0.0804. The molecule has 4 heterocycles. The lowest BCUT2D eigenvalue weighted by atomic mass is 10.0. The number of pyridine rings is 2. The molecule has 264 valence electrons. The lowest BCUT2D eigenvalue weighted by Crippen LogP contribution is -2.02. The number of H-pyrrole nitrogens is 1. The minimum atomic E-state index is 0.119. The van der Waals surface area contributed by atoms with Gasteiger partial charge in [0.15, 0.2) is 11.4 Å². The van der Waals surface area contributed by atoms with Gasteiger partial charge in [-0.1, -0.05) is 39.1 Å². The Morgan fingerprint density at radius 3 is 1.82 bits per heavy atom. The highest BCUT2D eigenvalue weighted by atomic mass is 79.9. The topological polar surface area (TPSA) is 148 Å². The Bertz CT molecular complexity index is 2280. The van der Waals surface area contributed by atoms with Crippen molar-refractivity contribution in [3.8, 4) is 22.3 Å². The number of aryl methyl sites for hydroxylation is 4. The van der Waals surface area contributed by atoms with Gasteiger partial charge in [-0.25, -0.2) is 9.69 Å². The molecule has 0 unspecified atom stereocenters. The fraction of sp³-hybridized carbons (Fsp3) is 0.263. The average Bonchev–Trinajstić information content (AvgIpc) is 3.56. The lowest BCUT2D eigenvalue weighted by Gasteiger charge is -2.09. The summed E-state index contributed by atoms with van der Waals surface area (Å²) in [5.41, 5.74) is 23.2. The summed E-state index contributed by atoms with van der Waals surface area (Å²) >= 11 is 15.9. The standard InChI is InChI=1S/C19H19ClN4O.C16H13ClN4.C3H7BrO/c1-11-7-17-13(8-16(11)22-3)18(12(2)24(17)5-4-6-25)14-9-23-10-15(21)19(14)20;1-8-4-14-10(5-13(8)19-3)15(9(2)21-14)11-6-20-7-12(18)16(11)17;4-2-1-3-5/h7-10,25H,4-6,21H2,1-2H3;4-7,21H,18H2,1-2H3;5H,1-3H2. The largest absolute Gasteiger partial charge is 0.396 e. The molecule has 0 saturated carbocycles. The van der Waals surface area contributed by atoms with Crippen LogP contribution in [0.3, 0.4) is 0 Å². The number of nitrogen functional groups attached to an aromatic ring is 2. The number of nitrogens with two attached hydrogens (primary N) is 2. The minimum absolute atomic E-state index is 0.119. The van der Waals surface area contributed by atoms with Crippen LogP contribution in [0.15, 0.2) is 49.1 Å². The highest BCUT2D eigenvalue weighted by Crippen LogP contribution is 2.42. The maximum Gasteiger partial charge on any atom is 0.190 e. The molecular weight excluding hydrogens is 751 g/mol. The van der Waals surface area contributed by atoms with Crippen molar-refractivity contribution in [1.82, 2.24) is 19.5 Å². The second-order valence-corrected chi connectivity index (χ2v) is 13.4. The predicted octanol–water partition coefficient (Wildman–Crippen LogP) is 9.89. The Labute approximate surface area is 315 Å². The van der Waals surface area contributed by atoms with Crippen LogP contribution in [0.25, 0.3) is 53.7 Å². The van der Waals surface area contributed by atoms with Crippen LogP contribution in [-0.4, -0.2) is 48.3 Å². The Hall–Kier alpha value is -4.62. The first kappa shape index (κ1) is 39.2. The van der Waals surface area contributed by atoms with E-state index in [2.05, 4.69) is 45.1 Å². The molecule has 0 bridgehead atoms. The molecule has 0 amide bonds. The van der Waals surface area contributed by atoms with Crippen molar-refractivity contribution in [2.24, 2.45) is 0 Å². The third-order valence-electron chi connectivity index (χ3n) is 8.37. The van der Waals surface area contributed by atoms with Gasteiger partial charge in [0.25, 0.3) is 0 Å². The van der Waals surface area contributed by atoms with E-state index in [4.69, 9.17) is 52.9 Å². The molecule has 0 aliphatic heterocycles. The average molecular weight is 791 g/mol. The van der Waals surface area contributed by atoms with Gasteiger partial charge in [0.1, 0.15) is 0 Å². The number of benzene rings is 2. The number of nitrogens with zero attached hydrogens (tertiary/aromatic N) is 5. The van der Waals surface area contributed by atoms with E-state index in [0.717, 1.165) is 78.3 Å². The number of rotatable bonds is 7. The van der Waals surface area contributed by atoms with Gasteiger partial charge >= 0.3 is 0 Å². The van der Waals surface area contributed by atoms with Gasteiger partial charge in [0, 0.05) is 82.2 Å². The summed E-state index contributed by atoms with van der Waals surface area (Å²) in [6, 6.07) is 7.78. The van der Waals surface area contributed by atoms with Crippen molar-refractivity contribution < 1.29 is 10.2 Å². The molecule has 7 N–H and O–H groups in total. The van der Waals surface area contributed by atoms with Gasteiger partial charge in [-0.15, -0.1) is 0 Å². The number of halogens is 3. The first-order valence-electron chi connectivity index (χ1n) is 16.0. The van der Waals surface area contributed by atoms with Gasteiger partial charge in [-0.3, -0.25) is 9.97 Å². The van der Waals surface area contributed by atoms with E-state index in [9.17, 15) is 5.11 Å². The second kappa shape index (κ2) is 17.5. The van der Waals surface area contributed by atoms with Crippen molar-refractivity contribution in [2.75, 3.05) is 30.0 Å². The van der Waals surface area contributed by atoms with Gasteiger partial charge in [0.2, 0.25) is 0 Å². The molecule has 0 radical (unpaired) electrons. The first-order valence-corrected chi connectivity index (χ1v) is 17.9. The number of aromatic amines is 1. The maximum atomic E-state index is 9.23. The summed E-state index contributed by atoms with van der Waals surface area (Å²) in [4.78, 5) is 18.8. The monoisotopic (exact) mass is 788 g/mol. The van der Waals surface area contributed by atoms with Crippen LogP contribution in [0.1, 0.15) is 35.4 Å². The number of alkyl halides is 1. The molecule has 6 aromatic rings. The normalized spacial score (nSPS) is 10.6. The number of anilines is 2. The number of fused-ring (bicyclic) bond motifs is 2. The van der Waals surface area contributed by atoms with Crippen LogP contribution in [0, 0.1) is 40.8 Å². The Morgan fingerprint density at radius 2 is 1.31 bits per heavy atom. The van der Waals surface area contributed by atoms with Gasteiger partial charge in [0.05, 0.1) is 47.0 Å². The number of hydrogen-bond donors (Lipinski definition) is 5. The third kappa shape index (κ3) is 8.31. The van der Waals surface area contributed by atoms with Gasteiger partial charge in [-0.2, -0.15) is 0 Å². The summed E-state index contributed by atoms with van der Waals surface area (Å²) in [6.07, 6.45) is 7.97. The fourth-order valence-electron chi connectivity index (χ4n) is 5.86. The van der Waals surface area contributed by atoms with Crippen LogP contribution in [0.2, 0.25) is 10.0 Å². The van der Waals surface area contributed by atoms with Crippen molar-refractivity contribution in [3.63, 3.8) is 0 Å².